The summed E-state index contributed by atoms with van der Waals surface area (Å²) in [6.07, 6.45) is 2.79. The monoisotopic (exact) mass is 360 g/mol. The standard InChI is InChI=1S/C20H32N4O2/c1-4-21-20(22-11-7-13-24-12-6-10-19(24)25)23-15-17-8-5-9-18(14-17)26-16(2)3/h5,8-9,14,16H,4,6-7,10-13,15H2,1-3H3,(H2,21,22,23). The van der Waals surface area contributed by atoms with Gasteiger partial charge in [0, 0.05) is 32.6 Å². The second-order valence-corrected chi connectivity index (χ2v) is 6.77. The van der Waals surface area contributed by atoms with Gasteiger partial charge < -0.3 is 20.3 Å². The van der Waals surface area contributed by atoms with E-state index in [4.69, 9.17) is 4.74 Å². The number of hydrogen-bond acceptors (Lipinski definition) is 3. The Bertz CT molecular complexity index is 601. The smallest absolute Gasteiger partial charge is 0.222 e. The molecule has 1 aliphatic heterocycles. The highest BCUT2D eigenvalue weighted by atomic mass is 16.5. The zero-order valence-electron chi connectivity index (χ0n) is 16.3. The van der Waals surface area contributed by atoms with Gasteiger partial charge in [0.2, 0.25) is 5.91 Å². The van der Waals surface area contributed by atoms with Crippen molar-refractivity contribution in [3.63, 3.8) is 0 Å². The fourth-order valence-corrected chi connectivity index (χ4v) is 2.92. The Morgan fingerprint density at radius 2 is 2.19 bits per heavy atom. The van der Waals surface area contributed by atoms with E-state index in [-0.39, 0.29) is 12.0 Å². The van der Waals surface area contributed by atoms with E-state index >= 15 is 0 Å². The number of nitrogens with one attached hydrogen (secondary N) is 2. The third kappa shape index (κ3) is 6.94. The number of likely N-dealkylation sites (tertiary alicyclic amines) is 1. The van der Waals surface area contributed by atoms with Gasteiger partial charge in [0.1, 0.15) is 5.75 Å². The molecule has 0 aliphatic carbocycles. The van der Waals surface area contributed by atoms with Crippen molar-refractivity contribution < 1.29 is 9.53 Å². The number of ether oxygens (including phenoxy) is 1. The van der Waals surface area contributed by atoms with E-state index in [1.54, 1.807) is 0 Å². The second-order valence-electron chi connectivity index (χ2n) is 6.77. The molecule has 0 spiro atoms. The summed E-state index contributed by atoms with van der Waals surface area (Å²) in [6, 6.07) is 8.05. The number of benzene rings is 1. The van der Waals surface area contributed by atoms with Gasteiger partial charge in [0.25, 0.3) is 0 Å². The van der Waals surface area contributed by atoms with Crippen LogP contribution >= 0.6 is 0 Å². The van der Waals surface area contributed by atoms with E-state index in [0.29, 0.717) is 13.0 Å². The molecule has 2 N–H and O–H groups in total. The molecule has 1 saturated heterocycles. The van der Waals surface area contributed by atoms with Crippen molar-refractivity contribution in [3.8, 4) is 5.75 Å². The highest BCUT2D eigenvalue weighted by Gasteiger charge is 2.18. The van der Waals surface area contributed by atoms with Gasteiger partial charge in [-0.05, 0) is 51.3 Å². The summed E-state index contributed by atoms with van der Waals surface area (Å²) in [5.41, 5.74) is 1.11. The lowest BCUT2D eigenvalue weighted by molar-refractivity contribution is -0.127. The third-order valence-electron chi connectivity index (χ3n) is 4.10. The first-order valence-corrected chi connectivity index (χ1v) is 9.64. The van der Waals surface area contributed by atoms with Gasteiger partial charge in [0.05, 0.1) is 12.6 Å². The first-order valence-electron chi connectivity index (χ1n) is 9.64. The summed E-state index contributed by atoms with van der Waals surface area (Å²) in [4.78, 5) is 18.2. The lowest BCUT2D eigenvalue weighted by atomic mass is 10.2. The van der Waals surface area contributed by atoms with Gasteiger partial charge in [-0.15, -0.1) is 0 Å². The summed E-state index contributed by atoms with van der Waals surface area (Å²) in [7, 11) is 0. The molecule has 0 unspecified atom stereocenters. The Kier molecular flexibility index (Phi) is 8.25. The van der Waals surface area contributed by atoms with E-state index in [2.05, 4.69) is 28.6 Å². The summed E-state index contributed by atoms with van der Waals surface area (Å²) < 4.78 is 5.73. The SMILES string of the molecule is CCNC(=NCc1cccc(OC(C)C)c1)NCCCN1CCCC1=O. The molecule has 0 bridgehead atoms. The van der Waals surface area contributed by atoms with Crippen LogP contribution in [0.25, 0.3) is 0 Å². The summed E-state index contributed by atoms with van der Waals surface area (Å²) in [6.45, 7) is 10.0. The fourth-order valence-electron chi connectivity index (χ4n) is 2.92. The highest BCUT2D eigenvalue weighted by Crippen LogP contribution is 2.15. The molecule has 0 saturated carbocycles. The molecule has 0 atom stereocenters. The molecule has 1 heterocycles. The third-order valence-corrected chi connectivity index (χ3v) is 4.10. The average molecular weight is 361 g/mol. The first kappa shape index (κ1) is 20.1. The molecule has 1 aromatic carbocycles. The predicted molar refractivity (Wildman–Crippen MR) is 105 cm³/mol. The Hall–Kier alpha value is -2.24. The van der Waals surface area contributed by atoms with Crippen LogP contribution in [-0.4, -0.2) is 49.0 Å². The van der Waals surface area contributed by atoms with Crippen molar-refractivity contribution in [3.05, 3.63) is 29.8 Å². The number of hydrogen-bond donors (Lipinski definition) is 2. The van der Waals surface area contributed by atoms with Crippen molar-refractivity contribution in [1.29, 1.82) is 0 Å². The second kappa shape index (κ2) is 10.7. The van der Waals surface area contributed by atoms with Gasteiger partial charge >= 0.3 is 0 Å². The number of nitrogens with zero attached hydrogens (tertiary/aromatic N) is 2. The van der Waals surface area contributed by atoms with E-state index in [1.807, 2.05) is 36.9 Å². The van der Waals surface area contributed by atoms with E-state index in [1.165, 1.54) is 0 Å². The molecule has 0 radical (unpaired) electrons. The lowest BCUT2D eigenvalue weighted by Gasteiger charge is -2.16. The Labute approximate surface area is 157 Å². The van der Waals surface area contributed by atoms with Crippen molar-refractivity contribution in [2.45, 2.75) is 52.7 Å². The molecular formula is C20H32N4O2. The van der Waals surface area contributed by atoms with Crippen molar-refractivity contribution >= 4 is 11.9 Å². The number of rotatable bonds is 9. The molecular weight excluding hydrogens is 328 g/mol. The number of aliphatic imine (C=N–C) groups is 1. The molecule has 0 aromatic heterocycles. The normalized spacial score (nSPS) is 14.8. The van der Waals surface area contributed by atoms with E-state index in [0.717, 1.165) is 56.3 Å². The first-order chi connectivity index (χ1) is 12.6. The minimum Gasteiger partial charge on any atom is -0.491 e. The van der Waals surface area contributed by atoms with Crippen LogP contribution in [0.3, 0.4) is 0 Å². The van der Waals surface area contributed by atoms with Crippen molar-refractivity contribution in [1.82, 2.24) is 15.5 Å². The number of amides is 1. The zero-order chi connectivity index (χ0) is 18.8. The minimum atomic E-state index is 0.162. The van der Waals surface area contributed by atoms with E-state index < -0.39 is 0 Å². The van der Waals surface area contributed by atoms with Gasteiger partial charge in [-0.1, -0.05) is 12.1 Å². The van der Waals surface area contributed by atoms with Crippen LogP contribution in [-0.2, 0) is 11.3 Å². The highest BCUT2D eigenvalue weighted by molar-refractivity contribution is 5.79. The summed E-state index contributed by atoms with van der Waals surface area (Å²) in [5.74, 6) is 1.96. The molecule has 6 nitrogen and oxygen atoms in total. The molecule has 2 rings (SSSR count). The van der Waals surface area contributed by atoms with Crippen LogP contribution < -0.4 is 15.4 Å². The number of carbonyl (C=O) groups is 1. The van der Waals surface area contributed by atoms with Crippen LogP contribution in [0.15, 0.2) is 29.3 Å². The zero-order valence-corrected chi connectivity index (χ0v) is 16.3. The maximum absolute atomic E-state index is 11.6. The lowest BCUT2D eigenvalue weighted by Crippen LogP contribution is -2.39. The number of guanidine groups is 1. The number of carbonyl (C=O) groups excluding carboxylic acids is 1. The van der Waals surface area contributed by atoms with Crippen LogP contribution in [0.1, 0.15) is 45.6 Å². The fraction of sp³-hybridized carbons (Fsp3) is 0.600. The van der Waals surface area contributed by atoms with Crippen molar-refractivity contribution in [2.75, 3.05) is 26.2 Å². The molecule has 6 heteroatoms. The van der Waals surface area contributed by atoms with Gasteiger partial charge in [-0.3, -0.25) is 4.79 Å². The van der Waals surface area contributed by atoms with Crippen LogP contribution in [0.4, 0.5) is 0 Å². The molecule has 1 aromatic rings. The minimum absolute atomic E-state index is 0.162. The molecule has 1 aliphatic rings. The molecule has 1 fully saturated rings. The van der Waals surface area contributed by atoms with Crippen LogP contribution in [0, 0.1) is 0 Å². The Morgan fingerprint density at radius 1 is 1.35 bits per heavy atom. The van der Waals surface area contributed by atoms with Crippen LogP contribution in [0.2, 0.25) is 0 Å². The van der Waals surface area contributed by atoms with Gasteiger partial charge in [-0.2, -0.15) is 0 Å². The van der Waals surface area contributed by atoms with Gasteiger partial charge in [-0.25, -0.2) is 4.99 Å². The average Bonchev–Trinajstić information content (AvgIpc) is 3.01. The predicted octanol–water partition coefficient (Wildman–Crippen LogP) is 2.54. The van der Waals surface area contributed by atoms with Crippen LogP contribution in [0.5, 0.6) is 5.75 Å². The molecule has 26 heavy (non-hydrogen) atoms. The van der Waals surface area contributed by atoms with Crippen molar-refractivity contribution in [2.24, 2.45) is 4.99 Å². The Balaban J connectivity index is 1.81. The maximum Gasteiger partial charge on any atom is 0.222 e. The topological polar surface area (TPSA) is 66.0 Å². The summed E-state index contributed by atoms with van der Waals surface area (Å²) >= 11 is 0. The maximum atomic E-state index is 11.6. The quantitative estimate of drug-likeness (QED) is 0.403. The largest absolute Gasteiger partial charge is 0.491 e. The Morgan fingerprint density at radius 3 is 2.88 bits per heavy atom. The van der Waals surface area contributed by atoms with E-state index in [9.17, 15) is 4.79 Å². The summed E-state index contributed by atoms with van der Waals surface area (Å²) in [5, 5.41) is 6.61. The van der Waals surface area contributed by atoms with Gasteiger partial charge in [0.15, 0.2) is 5.96 Å². The molecule has 144 valence electrons. The molecule has 1 amide bonds.